The van der Waals surface area contributed by atoms with Gasteiger partial charge in [0, 0.05) is 25.5 Å². The zero-order chi connectivity index (χ0) is 19.8. The highest BCUT2D eigenvalue weighted by Crippen LogP contribution is 2.33. The fourth-order valence-corrected chi connectivity index (χ4v) is 3.91. The zero-order valence-electron chi connectivity index (χ0n) is 17.5. The summed E-state index contributed by atoms with van der Waals surface area (Å²) in [5.74, 6) is 1.67. The summed E-state index contributed by atoms with van der Waals surface area (Å²) in [5.41, 5.74) is 4.09. The Bertz CT molecular complexity index is 736. The Morgan fingerprint density at radius 3 is 2.54 bits per heavy atom. The Labute approximate surface area is 169 Å². The molecule has 0 amide bonds. The number of methoxy groups -OCH3 is 2. The fraction of sp³-hybridized carbons (Fsp3) is 0.522. The molecule has 152 valence electrons. The van der Waals surface area contributed by atoms with Crippen molar-refractivity contribution >= 4 is 0 Å². The van der Waals surface area contributed by atoms with Crippen LogP contribution >= 0.6 is 0 Å². The summed E-state index contributed by atoms with van der Waals surface area (Å²) >= 11 is 0. The number of benzene rings is 1. The maximum Gasteiger partial charge on any atom is 0.161 e. The normalized spacial score (nSPS) is 14.1. The van der Waals surface area contributed by atoms with Gasteiger partial charge in [-0.15, -0.1) is 0 Å². The average molecular weight is 384 g/mol. The molecule has 0 radical (unpaired) electrons. The van der Waals surface area contributed by atoms with Crippen LogP contribution < -0.4 is 9.47 Å². The third kappa shape index (κ3) is 5.69. The van der Waals surface area contributed by atoms with Crippen molar-refractivity contribution in [2.45, 2.75) is 32.2 Å². The van der Waals surface area contributed by atoms with E-state index in [-0.39, 0.29) is 0 Å². The highest BCUT2D eigenvalue weighted by Gasteiger charge is 2.19. The molecule has 0 saturated carbocycles. The van der Waals surface area contributed by atoms with Crippen LogP contribution in [0.25, 0.3) is 0 Å². The smallest absolute Gasteiger partial charge is 0.161 e. The predicted molar refractivity (Wildman–Crippen MR) is 113 cm³/mol. The maximum absolute atomic E-state index is 5.47. The Balaban J connectivity index is 1.39. The average Bonchev–Trinajstić information content (AvgIpc) is 2.73. The number of rotatable bonds is 10. The van der Waals surface area contributed by atoms with Gasteiger partial charge < -0.3 is 14.4 Å². The van der Waals surface area contributed by atoms with Crippen LogP contribution in [0.1, 0.15) is 29.5 Å². The molecule has 0 atom stereocenters. The second kappa shape index (κ2) is 10.4. The first kappa shape index (κ1) is 20.6. The molecular formula is C23H33N3O2. The van der Waals surface area contributed by atoms with Gasteiger partial charge in [0.2, 0.25) is 0 Å². The molecule has 0 fully saturated rings. The second-order valence-corrected chi connectivity index (χ2v) is 7.62. The van der Waals surface area contributed by atoms with Crippen LogP contribution in [0.15, 0.2) is 36.7 Å². The van der Waals surface area contributed by atoms with E-state index in [0.29, 0.717) is 0 Å². The first-order valence-electron chi connectivity index (χ1n) is 10.2. The summed E-state index contributed by atoms with van der Waals surface area (Å²) in [6.45, 7) is 5.53. The quantitative estimate of drug-likeness (QED) is 0.629. The summed E-state index contributed by atoms with van der Waals surface area (Å²) in [4.78, 5) is 9.19. The minimum atomic E-state index is 0.830. The minimum absolute atomic E-state index is 0.830. The van der Waals surface area contributed by atoms with E-state index in [1.54, 1.807) is 14.2 Å². The molecule has 0 saturated heterocycles. The van der Waals surface area contributed by atoms with Crippen LogP contribution in [0.5, 0.6) is 11.5 Å². The number of pyridine rings is 1. The molecule has 0 bridgehead atoms. The van der Waals surface area contributed by atoms with Crippen molar-refractivity contribution in [3.8, 4) is 11.5 Å². The van der Waals surface area contributed by atoms with E-state index in [9.17, 15) is 0 Å². The van der Waals surface area contributed by atoms with Crippen LogP contribution in [0.4, 0.5) is 0 Å². The van der Waals surface area contributed by atoms with Crippen molar-refractivity contribution in [1.29, 1.82) is 0 Å². The molecule has 1 aliphatic rings. The van der Waals surface area contributed by atoms with E-state index in [4.69, 9.17) is 9.47 Å². The summed E-state index contributed by atoms with van der Waals surface area (Å²) < 4.78 is 10.9. The Hall–Kier alpha value is -2.11. The van der Waals surface area contributed by atoms with E-state index in [0.717, 1.165) is 57.1 Å². The molecule has 2 aromatic rings. The number of nitrogens with zero attached hydrogens (tertiary/aromatic N) is 3. The van der Waals surface area contributed by atoms with Crippen molar-refractivity contribution in [3.63, 3.8) is 0 Å². The largest absolute Gasteiger partial charge is 0.493 e. The Morgan fingerprint density at radius 1 is 1.07 bits per heavy atom. The van der Waals surface area contributed by atoms with Crippen LogP contribution in [0.3, 0.4) is 0 Å². The second-order valence-electron chi connectivity index (χ2n) is 7.62. The molecule has 0 N–H and O–H groups in total. The molecule has 1 aromatic carbocycles. The summed E-state index contributed by atoms with van der Waals surface area (Å²) in [5, 5.41) is 0. The predicted octanol–water partition coefficient (Wildman–Crippen LogP) is 3.41. The molecule has 0 unspecified atom stereocenters. The highest BCUT2D eigenvalue weighted by molar-refractivity contribution is 5.48. The SMILES string of the molecule is COc1cc2c(cc1OC)CN(CCCN(C)CCCc1cccnc1)CC2. The van der Waals surface area contributed by atoms with Crippen LogP contribution in [0, 0.1) is 0 Å². The Morgan fingerprint density at radius 2 is 1.82 bits per heavy atom. The van der Waals surface area contributed by atoms with Gasteiger partial charge in [0.05, 0.1) is 14.2 Å². The molecule has 0 aliphatic carbocycles. The lowest BCUT2D eigenvalue weighted by molar-refractivity contribution is 0.229. The summed E-state index contributed by atoms with van der Waals surface area (Å²) in [6, 6.07) is 8.46. The molecular weight excluding hydrogens is 350 g/mol. The topological polar surface area (TPSA) is 37.8 Å². The first-order chi connectivity index (χ1) is 13.7. The fourth-order valence-electron chi connectivity index (χ4n) is 3.91. The molecule has 1 aliphatic heterocycles. The van der Waals surface area contributed by atoms with Crippen LogP contribution in [-0.2, 0) is 19.4 Å². The van der Waals surface area contributed by atoms with Gasteiger partial charge >= 0.3 is 0 Å². The van der Waals surface area contributed by atoms with E-state index in [2.05, 4.69) is 40.0 Å². The van der Waals surface area contributed by atoms with Gasteiger partial charge in [-0.3, -0.25) is 9.88 Å². The molecule has 0 spiro atoms. The highest BCUT2D eigenvalue weighted by atomic mass is 16.5. The van der Waals surface area contributed by atoms with Crippen molar-refractivity contribution in [1.82, 2.24) is 14.8 Å². The summed E-state index contributed by atoms with van der Waals surface area (Å²) in [6.07, 6.45) is 8.37. The number of aryl methyl sites for hydroxylation is 1. The molecule has 3 rings (SSSR count). The van der Waals surface area contributed by atoms with E-state index in [1.807, 2.05) is 18.5 Å². The standard InChI is InChI=1S/C23H33N3O2/c1-25(11-5-8-19-7-4-10-24-17-19)12-6-13-26-14-9-20-15-22(27-2)23(28-3)16-21(20)18-26/h4,7,10,15-17H,5-6,8-9,11-14,18H2,1-3H3. The van der Waals surface area contributed by atoms with Gasteiger partial charge in [-0.25, -0.2) is 0 Å². The van der Waals surface area contributed by atoms with Gasteiger partial charge in [-0.2, -0.15) is 0 Å². The molecule has 5 heteroatoms. The number of fused-ring (bicyclic) bond motifs is 1. The number of hydrogen-bond acceptors (Lipinski definition) is 5. The molecule has 28 heavy (non-hydrogen) atoms. The van der Waals surface area contributed by atoms with Gasteiger partial charge in [0.1, 0.15) is 0 Å². The Kier molecular flexibility index (Phi) is 7.69. The first-order valence-corrected chi connectivity index (χ1v) is 10.2. The van der Waals surface area contributed by atoms with Gasteiger partial charge in [-0.05, 0) is 87.3 Å². The van der Waals surface area contributed by atoms with E-state index >= 15 is 0 Å². The van der Waals surface area contributed by atoms with Crippen LogP contribution in [0.2, 0.25) is 0 Å². The number of ether oxygens (including phenoxy) is 2. The molecule has 5 nitrogen and oxygen atoms in total. The van der Waals surface area contributed by atoms with Gasteiger partial charge in [0.25, 0.3) is 0 Å². The van der Waals surface area contributed by atoms with Crippen molar-refractivity contribution in [2.75, 3.05) is 47.4 Å². The zero-order valence-corrected chi connectivity index (χ0v) is 17.5. The number of hydrogen-bond donors (Lipinski definition) is 0. The third-order valence-electron chi connectivity index (χ3n) is 5.54. The number of aromatic nitrogens is 1. The maximum atomic E-state index is 5.47. The van der Waals surface area contributed by atoms with Gasteiger partial charge in [-0.1, -0.05) is 6.07 Å². The molecule has 2 heterocycles. The lowest BCUT2D eigenvalue weighted by atomic mass is 9.98. The van der Waals surface area contributed by atoms with E-state index in [1.165, 1.54) is 29.5 Å². The monoisotopic (exact) mass is 383 g/mol. The lowest BCUT2D eigenvalue weighted by Gasteiger charge is -2.30. The van der Waals surface area contributed by atoms with Crippen molar-refractivity contribution in [3.05, 3.63) is 53.3 Å². The summed E-state index contributed by atoms with van der Waals surface area (Å²) in [7, 11) is 5.63. The van der Waals surface area contributed by atoms with Crippen molar-refractivity contribution < 1.29 is 9.47 Å². The van der Waals surface area contributed by atoms with Crippen molar-refractivity contribution in [2.24, 2.45) is 0 Å². The van der Waals surface area contributed by atoms with Crippen LogP contribution in [-0.4, -0.2) is 62.2 Å². The van der Waals surface area contributed by atoms with Gasteiger partial charge in [0.15, 0.2) is 11.5 Å². The third-order valence-corrected chi connectivity index (χ3v) is 5.54. The molecule has 1 aromatic heterocycles. The van der Waals surface area contributed by atoms with E-state index < -0.39 is 0 Å². The minimum Gasteiger partial charge on any atom is -0.493 e. The lowest BCUT2D eigenvalue weighted by Crippen LogP contribution is -2.33.